The SMILES string of the molecule is CC1(C)OB(B2OC(C)(C)C(C)(C)O2)OC1(C)C.CC1(C)OB(c2ccc(N(c3ccc(-c4ccccc4)cc3)c3ccc(-c4ccc5c(c4)c4ccccc4n5-c4ccccc4)cc3)cc2)OC1(C)C.Clc1ccc(N(c2ccc(-c3ccccc3)cc2)c2ccc(-c3ccc4c(c3)c3ccccc3n4-c3ccccc3)cc2)cc1. The van der Waals surface area contributed by atoms with E-state index in [0.29, 0.717) is 0 Å². The molecular formula is C102H94B3ClN4O6. The van der Waals surface area contributed by atoms with Crippen molar-refractivity contribution in [3.63, 3.8) is 0 Å². The standard InChI is InChI=1S/C48H41BN2O2.C42H29ClN2.C12H24B2O4/c1-47(2)48(3,4)53-49(52-47)38-24-30-42(31-25-38)50(40-26-19-35(20-27-40)34-13-7-5-8-14-34)41-28-21-36(22-29-41)37-23-32-46-44(33-37)43-17-11-12-18-45(43)51(46)39-15-9-6-10-16-39;43-34-20-26-38(27-21-34)44(36-22-15-31(16-23-36)30-9-3-1-4-10-30)37-24-17-32(18-25-37)33-19-28-42-40(29-33)39-13-7-8-14-41(39)45(42)35-11-5-2-6-12-35;1-9(2)10(3,4)16-13(15-9)14-17-11(5,6)12(7,8)18-14/h5-33H,1-4H3;1-29H;1-8H3. The summed E-state index contributed by atoms with van der Waals surface area (Å²) in [5.41, 5.74) is 21.9. The Labute approximate surface area is 687 Å². The summed E-state index contributed by atoms with van der Waals surface area (Å²) in [4.78, 5) is 4.58. The van der Waals surface area contributed by atoms with Gasteiger partial charge in [-0.2, -0.15) is 0 Å². The summed E-state index contributed by atoms with van der Waals surface area (Å²) in [6.45, 7) is 24.6. The van der Waals surface area contributed by atoms with Gasteiger partial charge in [-0.05, 0) is 279 Å². The molecule has 574 valence electrons. The van der Waals surface area contributed by atoms with E-state index in [4.69, 9.17) is 39.5 Å². The summed E-state index contributed by atoms with van der Waals surface area (Å²) < 4.78 is 41.3. The normalized spacial score (nSPS) is 16.1. The third kappa shape index (κ3) is 15.0. The fourth-order valence-corrected chi connectivity index (χ4v) is 15.9. The lowest BCUT2D eigenvalue weighted by molar-refractivity contribution is 0.00578. The molecule has 0 atom stereocenters. The van der Waals surface area contributed by atoms with Gasteiger partial charge in [-0.25, -0.2) is 0 Å². The molecule has 0 aliphatic carbocycles. The van der Waals surface area contributed by atoms with Crippen molar-refractivity contribution < 1.29 is 27.9 Å². The molecule has 3 saturated heterocycles. The highest BCUT2D eigenvalue weighted by atomic mass is 35.5. The average Bonchev–Trinajstić information content (AvgIpc) is 1.60. The van der Waals surface area contributed by atoms with Gasteiger partial charge in [-0.3, -0.25) is 0 Å². The lowest BCUT2D eigenvalue weighted by atomic mass is 9.49. The molecular weight excluding hydrogens is 1450 g/mol. The monoisotopic (exact) mass is 1540 g/mol. The third-order valence-electron chi connectivity index (χ3n) is 24.3. The van der Waals surface area contributed by atoms with Crippen LogP contribution >= 0.6 is 11.6 Å². The highest BCUT2D eigenvalue weighted by molar-refractivity contribution is 7.11. The number of aromatic nitrogens is 2. The van der Waals surface area contributed by atoms with Crippen molar-refractivity contribution in [3.8, 4) is 55.9 Å². The largest absolute Gasteiger partial charge is 0.494 e. The van der Waals surface area contributed by atoms with Gasteiger partial charge in [-0.1, -0.05) is 218 Å². The highest BCUT2D eigenvalue weighted by Crippen LogP contribution is 2.46. The molecule has 0 radical (unpaired) electrons. The van der Waals surface area contributed by atoms with Gasteiger partial charge in [-0.15, -0.1) is 0 Å². The molecule has 3 aliphatic heterocycles. The number of hydrogen-bond donors (Lipinski definition) is 0. The van der Waals surface area contributed by atoms with Crippen LogP contribution in [0.15, 0.2) is 352 Å². The lowest BCUT2D eigenvalue weighted by Crippen LogP contribution is -2.41. The smallest absolute Gasteiger partial charge is 0.405 e. The second-order valence-electron chi connectivity index (χ2n) is 33.3. The molecule has 0 bridgehead atoms. The van der Waals surface area contributed by atoms with Crippen LogP contribution in [-0.4, -0.2) is 63.9 Å². The van der Waals surface area contributed by atoms with Gasteiger partial charge in [0.05, 0.1) is 55.7 Å². The van der Waals surface area contributed by atoms with Gasteiger partial charge in [0.25, 0.3) is 0 Å². The number of fused-ring (bicyclic) bond motifs is 6. The molecule has 3 fully saturated rings. The second kappa shape index (κ2) is 30.9. The minimum Gasteiger partial charge on any atom is -0.405 e. The van der Waals surface area contributed by atoms with Crippen molar-refractivity contribution in [1.29, 1.82) is 0 Å². The number of anilines is 6. The molecule has 116 heavy (non-hydrogen) atoms. The number of halogens is 1. The number of nitrogens with zero attached hydrogens (tertiary/aromatic N) is 4. The van der Waals surface area contributed by atoms with Crippen LogP contribution in [0.3, 0.4) is 0 Å². The fraction of sp³-hybridized carbons (Fsp3) is 0.176. The van der Waals surface area contributed by atoms with Crippen LogP contribution < -0.4 is 15.3 Å². The zero-order chi connectivity index (χ0) is 80.3. The summed E-state index contributed by atoms with van der Waals surface area (Å²) in [6, 6.07) is 125. The Kier molecular flexibility index (Phi) is 20.6. The minimum atomic E-state index is -0.476. The van der Waals surface area contributed by atoms with Crippen molar-refractivity contribution >= 4 is 116 Å². The molecule has 10 nitrogen and oxygen atoms in total. The van der Waals surface area contributed by atoms with Crippen LogP contribution in [-0.2, 0) is 27.9 Å². The van der Waals surface area contributed by atoms with Crippen molar-refractivity contribution in [2.75, 3.05) is 9.80 Å². The van der Waals surface area contributed by atoms with Gasteiger partial charge in [0.1, 0.15) is 0 Å². The van der Waals surface area contributed by atoms with E-state index in [1.54, 1.807) is 0 Å². The van der Waals surface area contributed by atoms with Gasteiger partial charge in [0.2, 0.25) is 0 Å². The summed E-state index contributed by atoms with van der Waals surface area (Å²) in [5, 5.41) is 5.71. The quantitative estimate of drug-likeness (QED) is 0.0998. The number of benzene rings is 14. The first-order chi connectivity index (χ1) is 55.9. The molecule has 3 aliphatic rings. The average molecular weight is 1540 g/mol. The fourth-order valence-electron chi connectivity index (χ4n) is 15.7. The number of rotatable bonds is 14. The second-order valence-corrected chi connectivity index (χ2v) is 33.8. The first-order valence-electron chi connectivity index (χ1n) is 40.1. The Morgan fingerprint density at radius 3 is 0.802 bits per heavy atom. The van der Waals surface area contributed by atoms with Crippen molar-refractivity contribution in [2.45, 2.75) is 117 Å². The predicted molar refractivity (Wildman–Crippen MR) is 486 cm³/mol. The van der Waals surface area contributed by atoms with Gasteiger partial charge < -0.3 is 46.9 Å². The van der Waals surface area contributed by atoms with E-state index in [1.807, 2.05) is 73.6 Å². The van der Waals surface area contributed by atoms with E-state index < -0.39 is 32.3 Å². The van der Waals surface area contributed by atoms with Crippen LogP contribution in [0.5, 0.6) is 0 Å². The number of hydrogen-bond acceptors (Lipinski definition) is 8. The van der Waals surface area contributed by atoms with Gasteiger partial charge in [0.15, 0.2) is 0 Å². The maximum Gasteiger partial charge on any atom is 0.494 e. The maximum absolute atomic E-state index is 6.37. The molecule has 0 unspecified atom stereocenters. The first-order valence-corrected chi connectivity index (χ1v) is 40.5. The Morgan fingerprint density at radius 2 is 0.474 bits per heavy atom. The molecule has 0 saturated carbocycles. The van der Waals surface area contributed by atoms with Crippen molar-refractivity contribution in [1.82, 2.24) is 9.13 Å². The van der Waals surface area contributed by atoms with Crippen molar-refractivity contribution in [3.05, 3.63) is 357 Å². The summed E-state index contributed by atoms with van der Waals surface area (Å²) in [5.74, 6) is 0. The van der Waals surface area contributed by atoms with Gasteiger partial charge >= 0.3 is 21.1 Å². The van der Waals surface area contributed by atoms with Gasteiger partial charge in [0, 0.05) is 72.1 Å². The summed E-state index contributed by atoms with van der Waals surface area (Å²) in [6.07, 6.45) is 0. The molecule has 19 rings (SSSR count). The van der Waals surface area contributed by atoms with Crippen LogP contribution in [0.2, 0.25) is 5.02 Å². The molecule has 5 heterocycles. The third-order valence-corrected chi connectivity index (χ3v) is 24.5. The maximum atomic E-state index is 6.37. The Bertz CT molecular complexity index is 6080. The van der Waals surface area contributed by atoms with Crippen LogP contribution in [0.1, 0.15) is 83.1 Å². The lowest BCUT2D eigenvalue weighted by Gasteiger charge is -2.32. The van der Waals surface area contributed by atoms with Crippen LogP contribution in [0, 0.1) is 0 Å². The molecule has 0 amide bonds. The molecule has 16 aromatic rings. The summed E-state index contributed by atoms with van der Waals surface area (Å²) in [7, 11) is -1.36. The van der Waals surface area contributed by atoms with Crippen LogP contribution in [0.4, 0.5) is 34.1 Å². The van der Waals surface area contributed by atoms with E-state index in [1.165, 1.54) is 93.8 Å². The molecule has 14 aromatic carbocycles. The van der Waals surface area contributed by atoms with E-state index >= 15 is 0 Å². The molecule has 0 N–H and O–H groups in total. The zero-order valence-corrected chi connectivity index (χ0v) is 68.6. The predicted octanol–water partition coefficient (Wildman–Crippen LogP) is 26.4. The van der Waals surface area contributed by atoms with Crippen LogP contribution in [0.25, 0.3) is 99.5 Å². The minimum absolute atomic E-state index is 0.360. The van der Waals surface area contributed by atoms with Crippen molar-refractivity contribution in [2.24, 2.45) is 0 Å². The zero-order valence-electron chi connectivity index (χ0n) is 67.8. The Morgan fingerprint density at radius 1 is 0.233 bits per heavy atom. The molecule has 14 heteroatoms. The van der Waals surface area contributed by atoms with E-state index in [9.17, 15) is 0 Å². The topological polar surface area (TPSA) is 71.7 Å². The van der Waals surface area contributed by atoms with E-state index in [0.717, 1.165) is 50.3 Å². The number of para-hydroxylation sites is 4. The first kappa shape index (κ1) is 77.1. The molecule has 2 aromatic heterocycles. The Balaban J connectivity index is 0.000000139. The molecule has 0 spiro atoms. The Hall–Kier alpha value is -11.5. The van der Waals surface area contributed by atoms with E-state index in [-0.39, 0.29) is 22.4 Å². The highest BCUT2D eigenvalue weighted by Gasteiger charge is 2.64. The summed E-state index contributed by atoms with van der Waals surface area (Å²) >= 11 is 6.28. The van der Waals surface area contributed by atoms with E-state index in [2.05, 4.69) is 380 Å².